The van der Waals surface area contributed by atoms with E-state index in [4.69, 9.17) is 4.74 Å². The lowest BCUT2D eigenvalue weighted by Gasteiger charge is -2.19. The Morgan fingerprint density at radius 1 is 1.44 bits per heavy atom. The Morgan fingerprint density at radius 2 is 2.32 bits per heavy atom. The minimum Gasteiger partial charge on any atom is -0.376 e. The number of ether oxygens (including phenoxy) is 1. The van der Waals surface area contributed by atoms with Crippen LogP contribution in [0.5, 0.6) is 0 Å². The van der Waals surface area contributed by atoms with Crippen molar-refractivity contribution in [2.24, 2.45) is 18.9 Å². The molecule has 2 aliphatic rings. The molecule has 1 N–H and O–H groups in total. The van der Waals surface area contributed by atoms with Gasteiger partial charge in [-0.1, -0.05) is 0 Å². The van der Waals surface area contributed by atoms with E-state index >= 15 is 0 Å². The van der Waals surface area contributed by atoms with Crippen molar-refractivity contribution in [2.45, 2.75) is 19.6 Å². The first-order chi connectivity index (χ1) is 12.1. The fourth-order valence-corrected chi connectivity index (χ4v) is 4.85. The average molecular weight is 360 g/mol. The number of aromatic nitrogens is 2. The number of carbonyl (C=O) groups is 1. The zero-order valence-electron chi connectivity index (χ0n) is 14.6. The fraction of sp³-hybridized carbons (Fsp3) is 0.556. The van der Waals surface area contributed by atoms with Gasteiger partial charge in [0.1, 0.15) is 5.69 Å². The van der Waals surface area contributed by atoms with Gasteiger partial charge in [0, 0.05) is 56.1 Å². The van der Waals surface area contributed by atoms with Crippen molar-refractivity contribution < 1.29 is 9.53 Å². The number of hydrogen-bond donors (Lipinski definition) is 1. The summed E-state index contributed by atoms with van der Waals surface area (Å²) in [6.07, 6.45) is 1.95. The predicted molar refractivity (Wildman–Crippen MR) is 96.6 cm³/mol. The molecule has 7 heteroatoms. The first kappa shape index (κ1) is 16.8. The van der Waals surface area contributed by atoms with E-state index in [1.165, 1.54) is 10.4 Å². The number of amides is 1. The van der Waals surface area contributed by atoms with Crippen LogP contribution >= 0.6 is 11.3 Å². The largest absolute Gasteiger partial charge is 0.376 e. The number of aryl methyl sites for hydroxylation is 2. The summed E-state index contributed by atoms with van der Waals surface area (Å²) in [6, 6.07) is 3.92. The molecule has 6 nitrogen and oxygen atoms in total. The molecule has 0 aromatic carbocycles. The Morgan fingerprint density at radius 3 is 3.04 bits per heavy atom. The molecule has 4 rings (SSSR count). The number of thiophene rings is 1. The number of hydrogen-bond acceptors (Lipinski definition) is 5. The highest BCUT2D eigenvalue weighted by Gasteiger charge is 2.43. The Labute approximate surface area is 151 Å². The lowest BCUT2D eigenvalue weighted by molar-refractivity contribution is 0.0899. The van der Waals surface area contributed by atoms with Gasteiger partial charge in [0.15, 0.2) is 0 Å². The molecule has 0 saturated carbocycles. The maximum atomic E-state index is 12.3. The molecule has 25 heavy (non-hydrogen) atoms. The van der Waals surface area contributed by atoms with Crippen LogP contribution in [-0.2, 0) is 18.3 Å². The number of fused-ring (bicyclic) bond motifs is 1. The lowest BCUT2D eigenvalue weighted by atomic mass is 9.93. The van der Waals surface area contributed by atoms with Crippen LogP contribution < -0.4 is 5.32 Å². The molecule has 2 aliphatic heterocycles. The minimum atomic E-state index is -0.0625. The van der Waals surface area contributed by atoms with E-state index in [0.717, 1.165) is 26.2 Å². The number of nitrogens with zero attached hydrogens (tertiary/aromatic N) is 3. The maximum Gasteiger partial charge on any atom is 0.269 e. The van der Waals surface area contributed by atoms with E-state index in [0.29, 0.717) is 30.2 Å². The van der Waals surface area contributed by atoms with E-state index in [1.807, 2.05) is 11.3 Å². The molecule has 4 heterocycles. The third kappa shape index (κ3) is 3.36. The minimum absolute atomic E-state index is 0.0625. The van der Waals surface area contributed by atoms with E-state index < -0.39 is 0 Å². The molecule has 3 atom stereocenters. The summed E-state index contributed by atoms with van der Waals surface area (Å²) >= 11 is 1.83. The lowest BCUT2D eigenvalue weighted by Crippen LogP contribution is -2.35. The van der Waals surface area contributed by atoms with Crippen molar-refractivity contribution in [3.05, 3.63) is 39.8 Å². The summed E-state index contributed by atoms with van der Waals surface area (Å²) in [5.74, 6) is 0.830. The zero-order chi connectivity index (χ0) is 17.4. The second-order valence-corrected chi connectivity index (χ2v) is 8.07. The van der Waals surface area contributed by atoms with Crippen LogP contribution in [0.3, 0.4) is 0 Å². The summed E-state index contributed by atoms with van der Waals surface area (Å²) in [5.41, 5.74) is 1.97. The molecule has 2 fully saturated rings. The SMILES string of the molecule is Cc1ccsc1CN1C[C@@H]2[C@H](CNC(=O)c3ccnn3C)CO[C@@H]2C1. The third-order valence-electron chi connectivity index (χ3n) is 5.43. The summed E-state index contributed by atoms with van der Waals surface area (Å²) < 4.78 is 7.61. The van der Waals surface area contributed by atoms with Crippen LogP contribution in [-0.4, -0.2) is 52.9 Å². The normalized spacial score (nSPS) is 26.1. The van der Waals surface area contributed by atoms with Gasteiger partial charge >= 0.3 is 0 Å². The van der Waals surface area contributed by atoms with Gasteiger partial charge < -0.3 is 10.1 Å². The second kappa shape index (κ2) is 6.90. The number of likely N-dealkylation sites (tertiary alicyclic amines) is 1. The Kier molecular flexibility index (Phi) is 4.62. The first-order valence-corrected chi connectivity index (χ1v) is 9.63. The molecule has 0 bridgehead atoms. The van der Waals surface area contributed by atoms with Gasteiger partial charge in [-0.3, -0.25) is 14.4 Å². The molecule has 0 spiro atoms. The van der Waals surface area contributed by atoms with Crippen LogP contribution in [0, 0.1) is 18.8 Å². The summed E-state index contributed by atoms with van der Waals surface area (Å²) in [6.45, 7) is 6.64. The van der Waals surface area contributed by atoms with Crippen LogP contribution in [0.15, 0.2) is 23.7 Å². The summed E-state index contributed by atoms with van der Waals surface area (Å²) in [5, 5.41) is 9.26. The maximum absolute atomic E-state index is 12.3. The van der Waals surface area contributed by atoms with Crippen LogP contribution in [0.4, 0.5) is 0 Å². The van der Waals surface area contributed by atoms with Gasteiger partial charge in [-0.05, 0) is 30.0 Å². The zero-order valence-corrected chi connectivity index (χ0v) is 15.5. The van der Waals surface area contributed by atoms with Crippen LogP contribution in [0.2, 0.25) is 0 Å². The molecule has 0 unspecified atom stereocenters. The first-order valence-electron chi connectivity index (χ1n) is 8.75. The van der Waals surface area contributed by atoms with E-state index in [-0.39, 0.29) is 5.91 Å². The number of nitrogens with one attached hydrogen (secondary N) is 1. The van der Waals surface area contributed by atoms with Crippen molar-refractivity contribution >= 4 is 17.2 Å². The number of carbonyl (C=O) groups excluding carboxylic acids is 1. The fourth-order valence-electron chi connectivity index (χ4n) is 3.90. The highest BCUT2D eigenvalue weighted by molar-refractivity contribution is 7.10. The molecule has 0 aliphatic carbocycles. The Hall–Kier alpha value is -1.70. The van der Waals surface area contributed by atoms with Gasteiger partial charge in [-0.25, -0.2) is 0 Å². The Balaban J connectivity index is 1.32. The molecule has 0 radical (unpaired) electrons. The smallest absolute Gasteiger partial charge is 0.269 e. The van der Waals surface area contributed by atoms with E-state index in [9.17, 15) is 4.79 Å². The third-order valence-corrected chi connectivity index (χ3v) is 6.44. The van der Waals surface area contributed by atoms with Gasteiger partial charge in [-0.2, -0.15) is 5.10 Å². The average Bonchev–Trinajstić information content (AvgIpc) is 3.33. The van der Waals surface area contributed by atoms with Crippen molar-refractivity contribution in [2.75, 3.05) is 26.2 Å². The van der Waals surface area contributed by atoms with E-state index in [1.54, 1.807) is 24.0 Å². The van der Waals surface area contributed by atoms with Crippen molar-refractivity contribution in [3.63, 3.8) is 0 Å². The van der Waals surface area contributed by atoms with Crippen molar-refractivity contribution in [3.8, 4) is 0 Å². The molecule has 134 valence electrons. The molecule has 2 aromatic rings. The quantitative estimate of drug-likeness (QED) is 0.881. The van der Waals surface area contributed by atoms with Crippen molar-refractivity contribution in [1.82, 2.24) is 20.0 Å². The van der Waals surface area contributed by atoms with Crippen molar-refractivity contribution in [1.29, 1.82) is 0 Å². The van der Waals surface area contributed by atoms with Crippen LogP contribution in [0.25, 0.3) is 0 Å². The second-order valence-electron chi connectivity index (χ2n) is 7.07. The molecular formula is C18H24N4O2S. The monoisotopic (exact) mass is 360 g/mol. The Bertz CT molecular complexity index is 756. The predicted octanol–water partition coefficient (Wildman–Crippen LogP) is 1.67. The molecule has 2 aromatic heterocycles. The molecule has 1 amide bonds. The molecule has 2 saturated heterocycles. The highest BCUT2D eigenvalue weighted by Crippen LogP contribution is 2.34. The van der Waals surface area contributed by atoms with E-state index in [2.05, 4.69) is 33.7 Å². The topological polar surface area (TPSA) is 59.4 Å². The van der Waals surface area contributed by atoms with Crippen LogP contribution in [0.1, 0.15) is 20.9 Å². The van der Waals surface area contributed by atoms with Gasteiger partial charge in [0.25, 0.3) is 5.91 Å². The number of rotatable bonds is 5. The van der Waals surface area contributed by atoms with Gasteiger partial charge in [0.05, 0.1) is 12.7 Å². The molecular weight excluding hydrogens is 336 g/mol. The van der Waals surface area contributed by atoms with Gasteiger partial charge in [-0.15, -0.1) is 11.3 Å². The standard InChI is InChI=1S/C18H24N4O2S/c1-12-4-6-25-17(12)10-22-8-14-13(11-24-16(14)9-22)7-19-18(23)15-3-5-20-21(15)2/h3-6,13-14,16H,7-11H2,1-2H3,(H,19,23)/t13-,14-,16-/m1/s1. The summed E-state index contributed by atoms with van der Waals surface area (Å²) in [7, 11) is 1.78. The van der Waals surface area contributed by atoms with Gasteiger partial charge in [0.2, 0.25) is 0 Å². The highest BCUT2D eigenvalue weighted by atomic mass is 32.1. The summed E-state index contributed by atoms with van der Waals surface area (Å²) in [4.78, 5) is 16.2.